The van der Waals surface area contributed by atoms with Gasteiger partial charge >= 0.3 is 0 Å². The Labute approximate surface area is 107 Å². The van der Waals surface area contributed by atoms with Crippen LogP contribution in [-0.4, -0.2) is 46.6 Å². The molecule has 100 valence electrons. The number of hydrogen-bond donors (Lipinski definition) is 0. The van der Waals surface area contributed by atoms with Crippen LogP contribution in [-0.2, 0) is 4.74 Å². The van der Waals surface area contributed by atoms with Gasteiger partial charge in [-0.3, -0.25) is 4.90 Å². The van der Waals surface area contributed by atoms with Crippen molar-refractivity contribution in [3.63, 3.8) is 0 Å². The Morgan fingerprint density at radius 3 is 2.11 bits per heavy atom. The van der Waals surface area contributed by atoms with Gasteiger partial charge in [0.05, 0.1) is 34.2 Å². The van der Waals surface area contributed by atoms with Gasteiger partial charge in [-0.2, -0.15) is 0 Å². The zero-order valence-corrected chi connectivity index (χ0v) is 11.2. The van der Waals surface area contributed by atoms with Crippen LogP contribution in [0.2, 0.25) is 0 Å². The number of nitrogens with zero attached hydrogens (tertiary/aromatic N) is 1. The smallest absolute Gasteiger partial charge is 0.203 e. The number of benzene rings is 1. The van der Waals surface area contributed by atoms with Crippen molar-refractivity contribution in [2.75, 3.05) is 41.7 Å². The van der Waals surface area contributed by atoms with Crippen LogP contribution in [0, 0.1) is 0 Å². The van der Waals surface area contributed by atoms with Gasteiger partial charge in [-0.25, -0.2) is 0 Å². The topological polar surface area (TPSA) is 40.2 Å². The molecule has 5 heteroatoms. The Bertz CT molecular complexity index is 396. The van der Waals surface area contributed by atoms with E-state index in [1.54, 1.807) is 21.3 Å². The molecule has 1 unspecified atom stereocenters. The fourth-order valence-corrected chi connectivity index (χ4v) is 2.09. The lowest BCUT2D eigenvalue weighted by atomic mass is 10.1. The minimum absolute atomic E-state index is 0.0451. The Morgan fingerprint density at radius 1 is 1.11 bits per heavy atom. The van der Waals surface area contributed by atoms with E-state index in [0.717, 1.165) is 12.1 Å². The summed E-state index contributed by atoms with van der Waals surface area (Å²) in [4.78, 5) is 2.12. The average molecular weight is 253 g/mol. The third-order valence-corrected chi connectivity index (χ3v) is 3.03. The molecule has 0 aromatic heterocycles. The van der Waals surface area contributed by atoms with Crippen molar-refractivity contribution in [1.82, 2.24) is 4.90 Å². The molecule has 1 atom stereocenters. The Hall–Kier alpha value is -1.46. The quantitative estimate of drug-likeness (QED) is 0.816. The van der Waals surface area contributed by atoms with E-state index in [1.165, 1.54) is 0 Å². The Kier molecular flexibility index (Phi) is 3.93. The molecule has 1 aliphatic heterocycles. The number of methoxy groups -OCH3 is 3. The zero-order valence-electron chi connectivity index (χ0n) is 11.2. The second-order valence-electron chi connectivity index (χ2n) is 4.28. The molecule has 0 N–H and O–H groups in total. The maximum Gasteiger partial charge on any atom is 0.203 e. The lowest BCUT2D eigenvalue weighted by Gasteiger charge is -2.16. The predicted molar refractivity (Wildman–Crippen MR) is 67.4 cm³/mol. The third-order valence-electron chi connectivity index (χ3n) is 3.03. The first kappa shape index (κ1) is 13.0. The van der Waals surface area contributed by atoms with Gasteiger partial charge < -0.3 is 18.9 Å². The normalized spacial score (nSPS) is 19.9. The van der Waals surface area contributed by atoms with Crippen molar-refractivity contribution in [1.29, 1.82) is 0 Å². The van der Waals surface area contributed by atoms with Crippen molar-refractivity contribution in [3.8, 4) is 17.2 Å². The minimum Gasteiger partial charge on any atom is -0.493 e. The van der Waals surface area contributed by atoms with E-state index < -0.39 is 0 Å². The van der Waals surface area contributed by atoms with E-state index in [9.17, 15) is 0 Å². The Balaban J connectivity index is 2.37. The second-order valence-corrected chi connectivity index (χ2v) is 4.28. The fourth-order valence-electron chi connectivity index (χ4n) is 2.09. The maximum absolute atomic E-state index is 5.70. The minimum atomic E-state index is 0.0451. The highest BCUT2D eigenvalue weighted by molar-refractivity contribution is 5.54. The molecular weight excluding hydrogens is 234 g/mol. The summed E-state index contributed by atoms with van der Waals surface area (Å²) in [6, 6.07) is 3.87. The van der Waals surface area contributed by atoms with E-state index in [1.807, 2.05) is 19.2 Å². The van der Waals surface area contributed by atoms with Crippen molar-refractivity contribution in [2.45, 2.75) is 6.10 Å². The fraction of sp³-hybridized carbons (Fsp3) is 0.538. The van der Waals surface area contributed by atoms with Crippen molar-refractivity contribution < 1.29 is 18.9 Å². The summed E-state index contributed by atoms with van der Waals surface area (Å²) in [5.41, 5.74) is 1.04. The summed E-state index contributed by atoms with van der Waals surface area (Å²) in [7, 11) is 6.85. The molecule has 0 saturated carbocycles. The molecule has 1 heterocycles. The molecule has 0 aliphatic carbocycles. The lowest BCUT2D eigenvalue weighted by molar-refractivity contribution is 0.0952. The van der Waals surface area contributed by atoms with Gasteiger partial charge in [0.15, 0.2) is 11.5 Å². The van der Waals surface area contributed by atoms with Crippen LogP contribution >= 0.6 is 0 Å². The van der Waals surface area contributed by atoms with E-state index in [2.05, 4.69) is 4.90 Å². The molecule has 1 aromatic rings. The van der Waals surface area contributed by atoms with E-state index in [-0.39, 0.29) is 6.10 Å². The van der Waals surface area contributed by atoms with Gasteiger partial charge in [0, 0.05) is 6.54 Å². The molecule has 1 aromatic carbocycles. The molecule has 0 radical (unpaired) electrons. The summed E-state index contributed by atoms with van der Waals surface area (Å²) >= 11 is 0. The van der Waals surface area contributed by atoms with Crippen molar-refractivity contribution >= 4 is 0 Å². The molecule has 0 spiro atoms. The van der Waals surface area contributed by atoms with Crippen LogP contribution in [0.3, 0.4) is 0 Å². The summed E-state index contributed by atoms with van der Waals surface area (Å²) in [6.45, 7) is 1.50. The van der Waals surface area contributed by atoms with Gasteiger partial charge in [-0.05, 0) is 24.7 Å². The number of rotatable bonds is 4. The molecule has 2 rings (SSSR count). The molecule has 0 amide bonds. The van der Waals surface area contributed by atoms with Crippen LogP contribution in [0.5, 0.6) is 17.2 Å². The largest absolute Gasteiger partial charge is 0.493 e. The van der Waals surface area contributed by atoms with Crippen LogP contribution in [0.1, 0.15) is 11.7 Å². The van der Waals surface area contributed by atoms with Gasteiger partial charge in [-0.1, -0.05) is 0 Å². The lowest BCUT2D eigenvalue weighted by Crippen LogP contribution is -2.13. The van der Waals surface area contributed by atoms with Gasteiger partial charge in [0.25, 0.3) is 0 Å². The predicted octanol–water partition coefficient (Wildman–Crippen LogP) is 1.67. The molecular formula is C13H19NO4. The van der Waals surface area contributed by atoms with Gasteiger partial charge in [0.1, 0.15) is 0 Å². The zero-order chi connectivity index (χ0) is 13.1. The van der Waals surface area contributed by atoms with Crippen LogP contribution in [0.15, 0.2) is 12.1 Å². The monoisotopic (exact) mass is 253 g/mol. The summed E-state index contributed by atoms with van der Waals surface area (Å²) in [5, 5.41) is 0. The molecule has 0 bridgehead atoms. The number of hydrogen-bond acceptors (Lipinski definition) is 5. The molecule has 1 aliphatic rings. The van der Waals surface area contributed by atoms with Crippen molar-refractivity contribution in [2.24, 2.45) is 0 Å². The van der Waals surface area contributed by atoms with Crippen LogP contribution < -0.4 is 14.2 Å². The summed E-state index contributed by atoms with van der Waals surface area (Å²) in [6.07, 6.45) is 0.0451. The summed E-state index contributed by atoms with van der Waals surface area (Å²) < 4.78 is 21.7. The van der Waals surface area contributed by atoms with Crippen LogP contribution in [0.25, 0.3) is 0 Å². The average Bonchev–Trinajstić information content (AvgIpc) is 2.83. The second kappa shape index (κ2) is 5.46. The van der Waals surface area contributed by atoms with Gasteiger partial charge in [-0.15, -0.1) is 0 Å². The first-order valence-corrected chi connectivity index (χ1v) is 5.79. The number of likely N-dealkylation sites (N-methyl/N-ethyl adjacent to an activating group) is 1. The highest BCUT2D eigenvalue weighted by atomic mass is 16.5. The van der Waals surface area contributed by atoms with E-state index in [4.69, 9.17) is 18.9 Å². The summed E-state index contributed by atoms with van der Waals surface area (Å²) in [5.74, 6) is 1.92. The Morgan fingerprint density at radius 2 is 1.72 bits per heavy atom. The number of ether oxygens (including phenoxy) is 4. The first-order chi connectivity index (χ1) is 8.69. The standard InChI is InChI=1S/C13H19NO4/c1-14-7-12(18-8-14)9-5-10(15-2)13(17-4)11(6-9)16-3/h5-6,12H,7-8H2,1-4H3. The first-order valence-electron chi connectivity index (χ1n) is 5.79. The van der Waals surface area contributed by atoms with Gasteiger partial charge in [0.2, 0.25) is 5.75 Å². The molecule has 1 fully saturated rings. The van der Waals surface area contributed by atoms with E-state index in [0.29, 0.717) is 24.0 Å². The van der Waals surface area contributed by atoms with Crippen LogP contribution in [0.4, 0.5) is 0 Å². The molecule has 1 saturated heterocycles. The van der Waals surface area contributed by atoms with E-state index >= 15 is 0 Å². The highest BCUT2D eigenvalue weighted by Gasteiger charge is 2.24. The SMILES string of the molecule is COc1cc(C2CN(C)CO2)cc(OC)c1OC. The third kappa shape index (κ3) is 2.37. The molecule has 18 heavy (non-hydrogen) atoms. The maximum atomic E-state index is 5.70. The molecule has 5 nitrogen and oxygen atoms in total. The van der Waals surface area contributed by atoms with Crippen molar-refractivity contribution in [3.05, 3.63) is 17.7 Å². The highest BCUT2D eigenvalue weighted by Crippen LogP contribution is 2.40.